The maximum Gasteiger partial charge on any atom is 0.323 e. The number of carboxylic acid groups (broad SMARTS) is 1. The lowest BCUT2D eigenvalue weighted by atomic mass is 10.2. The highest BCUT2D eigenvalue weighted by Gasteiger charge is 2.28. The minimum Gasteiger partial charge on any atom is -0.480 e. The van der Waals surface area contributed by atoms with Gasteiger partial charge in [-0.1, -0.05) is 18.0 Å². The third kappa shape index (κ3) is 3.72. The lowest BCUT2D eigenvalue weighted by Crippen LogP contribution is -2.47. The second-order valence-electron chi connectivity index (χ2n) is 5.05. The zero-order valence-electron chi connectivity index (χ0n) is 11.5. The van der Waals surface area contributed by atoms with Crippen molar-refractivity contribution in [2.24, 2.45) is 0 Å². The molecular weight excluding hydrogens is 262 g/mol. The van der Waals surface area contributed by atoms with Crippen molar-refractivity contribution in [3.05, 3.63) is 17.5 Å². The van der Waals surface area contributed by atoms with Crippen LogP contribution in [0.2, 0.25) is 0 Å². The molecule has 2 rings (SSSR count). The highest BCUT2D eigenvalue weighted by atomic mass is 16.5. The molecule has 1 saturated carbocycles. The summed E-state index contributed by atoms with van der Waals surface area (Å²) in [5, 5.41) is 15.3. The van der Waals surface area contributed by atoms with Crippen molar-refractivity contribution >= 4 is 12.0 Å². The summed E-state index contributed by atoms with van der Waals surface area (Å²) in [5.74, 6) is -0.444. The van der Waals surface area contributed by atoms with Gasteiger partial charge in [-0.2, -0.15) is 0 Å². The average Bonchev–Trinajstić information content (AvgIpc) is 3.04. The molecule has 2 amide bonds. The van der Waals surface area contributed by atoms with Gasteiger partial charge in [0, 0.05) is 12.1 Å². The molecule has 1 fully saturated rings. The highest BCUT2D eigenvalue weighted by Crippen LogP contribution is 2.23. The Hall–Kier alpha value is -2.05. The van der Waals surface area contributed by atoms with Crippen molar-refractivity contribution in [3.8, 4) is 0 Å². The van der Waals surface area contributed by atoms with E-state index in [9.17, 15) is 9.59 Å². The predicted molar refractivity (Wildman–Crippen MR) is 70.1 cm³/mol. The molecule has 0 radical (unpaired) electrons. The lowest BCUT2D eigenvalue weighted by molar-refractivity contribution is -0.138. The van der Waals surface area contributed by atoms with Crippen LogP contribution in [0.1, 0.15) is 37.1 Å². The van der Waals surface area contributed by atoms with Crippen LogP contribution in [0.15, 0.2) is 10.6 Å². The summed E-state index contributed by atoms with van der Waals surface area (Å²) in [6, 6.07) is 1.38. The maximum absolute atomic E-state index is 12.1. The van der Waals surface area contributed by atoms with Crippen molar-refractivity contribution < 1.29 is 19.2 Å². The molecule has 0 aliphatic heterocycles. The summed E-state index contributed by atoms with van der Waals surface area (Å²) in [4.78, 5) is 24.4. The minimum absolute atomic E-state index is 0.0163. The van der Waals surface area contributed by atoms with E-state index in [4.69, 9.17) is 9.63 Å². The van der Waals surface area contributed by atoms with Gasteiger partial charge in [-0.25, -0.2) is 4.79 Å². The van der Waals surface area contributed by atoms with Gasteiger partial charge in [0.2, 0.25) is 0 Å². The Labute approximate surface area is 116 Å². The molecular formula is C13H19N3O4. The van der Waals surface area contributed by atoms with Gasteiger partial charge in [0.05, 0.1) is 12.2 Å². The minimum atomic E-state index is -0.998. The Kier molecular flexibility index (Phi) is 4.60. The third-order valence-corrected chi connectivity index (χ3v) is 3.42. The lowest BCUT2D eigenvalue weighted by Gasteiger charge is -2.27. The van der Waals surface area contributed by atoms with E-state index in [0.29, 0.717) is 5.76 Å². The van der Waals surface area contributed by atoms with E-state index in [1.807, 2.05) is 0 Å². The number of aromatic nitrogens is 1. The van der Waals surface area contributed by atoms with E-state index >= 15 is 0 Å². The topological polar surface area (TPSA) is 95.7 Å². The number of aryl methyl sites for hydroxylation is 1. The molecule has 1 aromatic heterocycles. The molecule has 1 heterocycles. The van der Waals surface area contributed by atoms with Crippen LogP contribution in [0.4, 0.5) is 4.79 Å². The number of amides is 2. The van der Waals surface area contributed by atoms with Gasteiger partial charge in [-0.05, 0) is 19.8 Å². The molecule has 110 valence electrons. The maximum atomic E-state index is 12.1. The smallest absolute Gasteiger partial charge is 0.323 e. The highest BCUT2D eigenvalue weighted by molar-refractivity contribution is 5.80. The number of hydrogen-bond donors (Lipinski definition) is 2. The van der Waals surface area contributed by atoms with Crippen LogP contribution in [0, 0.1) is 6.92 Å². The monoisotopic (exact) mass is 281 g/mol. The average molecular weight is 281 g/mol. The summed E-state index contributed by atoms with van der Waals surface area (Å²) in [5.41, 5.74) is 0.743. The largest absolute Gasteiger partial charge is 0.480 e. The number of urea groups is 1. The van der Waals surface area contributed by atoms with Gasteiger partial charge < -0.3 is 19.8 Å². The molecule has 0 atom stereocenters. The Morgan fingerprint density at radius 2 is 2.20 bits per heavy atom. The first-order valence-electron chi connectivity index (χ1n) is 6.74. The van der Waals surface area contributed by atoms with Gasteiger partial charge in [0.1, 0.15) is 6.54 Å². The van der Waals surface area contributed by atoms with Gasteiger partial charge in [0.25, 0.3) is 0 Å². The van der Waals surface area contributed by atoms with E-state index in [1.165, 1.54) is 4.90 Å². The quantitative estimate of drug-likeness (QED) is 0.853. The van der Waals surface area contributed by atoms with E-state index in [0.717, 1.165) is 31.4 Å². The molecule has 0 bridgehead atoms. The molecule has 0 saturated heterocycles. The second-order valence-corrected chi connectivity index (χ2v) is 5.05. The van der Waals surface area contributed by atoms with E-state index in [1.54, 1.807) is 13.0 Å². The molecule has 0 aromatic carbocycles. The number of nitrogens with zero attached hydrogens (tertiary/aromatic N) is 2. The van der Waals surface area contributed by atoms with E-state index in [-0.39, 0.29) is 25.2 Å². The van der Waals surface area contributed by atoms with Crippen LogP contribution in [0.5, 0.6) is 0 Å². The van der Waals surface area contributed by atoms with Crippen molar-refractivity contribution in [1.82, 2.24) is 15.4 Å². The zero-order valence-corrected chi connectivity index (χ0v) is 11.5. The first kappa shape index (κ1) is 14.4. The Morgan fingerprint density at radius 1 is 1.50 bits per heavy atom. The number of rotatable bonds is 5. The van der Waals surface area contributed by atoms with Gasteiger partial charge in [-0.15, -0.1) is 0 Å². The number of carbonyl (C=O) groups is 2. The SMILES string of the molecule is Cc1cc(CNC(=O)N(CC(=O)O)C2CCCC2)on1. The summed E-state index contributed by atoms with van der Waals surface area (Å²) in [7, 11) is 0. The summed E-state index contributed by atoms with van der Waals surface area (Å²) < 4.78 is 5.00. The Bertz CT molecular complexity index is 480. The third-order valence-electron chi connectivity index (χ3n) is 3.42. The van der Waals surface area contributed by atoms with Crippen LogP contribution >= 0.6 is 0 Å². The fraction of sp³-hybridized carbons (Fsp3) is 0.615. The van der Waals surface area contributed by atoms with E-state index < -0.39 is 5.97 Å². The normalized spacial score (nSPS) is 15.2. The first-order valence-corrected chi connectivity index (χ1v) is 6.74. The number of carboxylic acids is 1. The van der Waals surface area contributed by atoms with Gasteiger partial charge in [0.15, 0.2) is 5.76 Å². The fourth-order valence-electron chi connectivity index (χ4n) is 2.49. The molecule has 1 aromatic rings. The summed E-state index contributed by atoms with van der Waals surface area (Å²) >= 11 is 0. The molecule has 0 unspecified atom stereocenters. The van der Waals surface area contributed by atoms with Crippen LogP contribution in [0.25, 0.3) is 0 Å². The van der Waals surface area contributed by atoms with Gasteiger partial charge >= 0.3 is 12.0 Å². The molecule has 1 aliphatic rings. The first-order chi connectivity index (χ1) is 9.56. The van der Waals surface area contributed by atoms with Crippen LogP contribution in [0.3, 0.4) is 0 Å². The number of hydrogen-bond acceptors (Lipinski definition) is 4. The van der Waals surface area contributed by atoms with Crippen molar-refractivity contribution in [1.29, 1.82) is 0 Å². The molecule has 1 aliphatic carbocycles. The van der Waals surface area contributed by atoms with Gasteiger partial charge in [-0.3, -0.25) is 4.79 Å². The number of aliphatic carboxylic acids is 1. The predicted octanol–water partition coefficient (Wildman–Crippen LogP) is 1.52. The molecule has 7 heteroatoms. The van der Waals surface area contributed by atoms with Crippen LogP contribution in [-0.2, 0) is 11.3 Å². The molecule has 2 N–H and O–H groups in total. The summed E-state index contributed by atoms with van der Waals surface area (Å²) in [6.45, 7) is 1.73. The number of carbonyl (C=O) groups excluding carboxylic acids is 1. The number of nitrogens with one attached hydrogen (secondary N) is 1. The van der Waals surface area contributed by atoms with Crippen molar-refractivity contribution in [2.45, 2.75) is 45.2 Å². The fourth-order valence-corrected chi connectivity index (χ4v) is 2.49. The zero-order chi connectivity index (χ0) is 14.5. The van der Waals surface area contributed by atoms with Crippen molar-refractivity contribution in [3.63, 3.8) is 0 Å². The second kappa shape index (κ2) is 6.40. The molecule has 7 nitrogen and oxygen atoms in total. The van der Waals surface area contributed by atoms with Crippen LogP contribution < -0.4 is 5.32 Å². The summed E-state index contributed by atoms with van der Waals surface area (Å²) in [6.07, 6.45) is 3.80. The standard InChI is InChI=1S/C13H19N3O4/c1-9-6-11(20-15-9)7-14-13(19)16(8-12(17)18)10-4-2-3-5-10/h6,10H,2-5,7-8H2,1H3,(H,14,19)(H,17,18). The Balaban J connectivity index is 1.93. The molecule has 0 spiro atoms. The van der Waals surface area contributed by atoms with Crippen molar-refractivity contribution in [2.75, 3.05) is 6.54 Å². The Morgan fingerprint density at radius 3 is 2.75 bits per heavy atom. The molecule has 20 heavy (non-hydrogen) atoms. The van der Waals surface area contributed by atoms with E-state index in [2.05, 4.69) is 10.5 Å². The van der Waals surface area contributed by atoms with Crippen LogP contribution in [-0.4, -0.2) is 39.8 Å².